The minimum absolute atomic E-state index is 0.0684. The lowest BCUT2D eigenvalue weighted by atomic mass is 9.99. The molecule has 0 aromatic rings. The third-order valence-electron chi connectivity index (χ3n) is 15.4. The molecule has 1 aliphatic heterocycles. The van der Waals surface area contributed by atoms with Crippen LogP contribution in [0.4, 0.5) is 0 Å². The van der Waals surface area contributed by atoms with Gasteiger partial charge in [-0.25, -0.2) is 0 Å². The summed E-state index contributed by atoms with van der Waals surface area (Å²) >= 11 is 0. The van der Waals surface area contributed by atoms with Crippen LogP contribution in [-0.4, -0.2) is 99.6 Å². The van der Waals surface area contributed by atoms with Gasteiger partial charge in [-0.3, -0.25) is 9.59 Å². The summed E-state index contributed by atoms with van der Waals surface area (Å²) in [4.78, 5) is 26.6. The minimum atomic E-state index is -1.64. The van der Waals surface area contributed by atoms with Gasteiger partial charge in [0.1, 0.15) is 24.4 Å². The Bertz CT molecular complexity index is 1700. The molecule has 8 atom stereocenters. The largest absolute Gasteiger partial charge is 0.454 e. The third kappa shape index (κ3) is 45.0. The number of carbonyl (C=O) groups is 2. The molecule has 11 heteroatoms. The first-order chi connectivity index (χ1) is 40.2. The summed E-state index contributed by atoms with van der Waals surface area (Å²) in [7, 11) is 0. The normalized spacial score (nSPS) is 19.2. The van der Waals surface area contributed by atoms with Crippen molar-refractivity contribution >= 4 is 11.9 Å². The van der Waals surface area contributed by atoms with Crippen molar-refractivity contribution in [2.24, 2.45) is 0 Å². The van der Waals surface area contributed by atoms with Crippen LogP contribution in [0.15, 0.2) is 97.2 Å². The van der Waals surface area contributed by atoms with Crippen LogP contribution in [0.3, 0.4) is 0 Å². The number of esters is 1. The molecule has 0 aromatic carbocycles. The number of aliphatic hydroxyl groups excluding tert-OH is 5. The third-order valence-corrected chi connectivity index (χ3v) is 15.4. The van der Waals surface area contributed by atoms with Gasteiger partial charge in [0.05, 0.1) is 25.4 Å². The number of hydrogen-bond acceptors (Lipinski definition) is 10. The van der Waals surface area contributed by atoms with Gasteiger partial charge in [0.15, 0.2) is 12.4 Å². The maximum Gasteiger partial charge on any atom is 0.306 e. The Morgan fingerprint density at radius 3 is 1.35 bits per heavy atom. The van der Waals surface area contributed by atoms with Gasteiger partial charge in [-0.2, -0.15) is 0 Å². The Balaban J connectivity index is 2.63. The molecule has 0 aliphatic carbocycles. The van der Waals surface area contributed by atoms with Crippen molar-refractivity contribution in [2.45, 2.75) is 327 Å². The van der Waals surface area contributed by atoms with E-state index in [0.717, 1.165) is 64.2 Å². The Labute approximate surface area is 501 Å². The van der Waals surface area contributed by atoms with Gasteiger partial charge in [0, 0.05) is 6.42 Å². The highest BCUT2D eigenvalue weighted by atomic mass is 16.7. The second kappa shape index (κ2) is 58.0. The molecule has 6 N–H and O–H groups in total. The smallest absolute Gasteiger partial charge is 0.306 e. The van der Waals surface area contributed by atoms with Crippen LogP contribution in [0.25, 0.3) is 0 Å². The zero-order valence-electron chi connectivity index (χ0n) is 52.3. The number of hydrogen-bond donors (Lipinski definition) is 6. The Morgan fingerprint density at radius 2 is 0.890 bits per heavy atom. The van der Waals surface area contributed by atoms with Crippen molar-refractivity contribution in [3.63, 3.8) is 0 Å². The van der Waals surface area contributed by atoms with Crippen LogP contribution in [0.1, 0.15) is 278 Å². The van der Waals surface area contributed by atoms with Crippen LogP contribution in [0.5, 0.6) is 0 Å². The van der Waals surface area contributed by atoms with E-state index in [0.29, 0.717) is 12.8 Å². The molecule has 1 amide bonds. The summed E-state index contributed by atoms with van der Waals surface area (Å²) in [6.45, 7) is 5.63. The number of allylic oxidation sites excluding steroid dienone is 15. The molecule has 1 aliphatic rings. The zero-order valence-corrected chi connectivity index (χ0v) is 52.3. The Kier molecular flexibility index (Phi) is 54.2. The van der Waals surface area contributed by atoms with E-state index < -0.39 is 67.4 Å². The molecule has 472 valence electrons. The van der Waals surface area contributed by atoms with Gasteiger partial charge < -0.3 is 45.1 Å². The molecular formula is C71H123NO10. The summed E-state index contributed by atoms with van der Waals surface area (Å²) in [5, 5.41) is 57.1. The van der Waals surface area contributed by atoms with E-state index in [2.05, 4.69) is 50.4 Å². The van der Waals surface area contributed by atoms with Crippen molar-refractivity contribution in [1.29, 1.82) is 0 Å². The Morgan fingerprint density at radius 1 is 0.488 bits per heavy atom. The van der Waals surface area contributed by atoms with E-state index in [1.165, 1.54) is 167 Å². The van der Waals surface area contributed by atoms with E-state index in [4.69, 9.17) is 14.2 Å². The summed E-state index contributed by atoms with van der Waals surface area (Å²) in [5.41, 5.74) is 0. The lowest BCUT2D eigenvalue weighted by Gasteiger charge is -2.41. The highest BCUT2D eigenvalue weighted by Crippen LogP contribution is 2.26. The van der Waals surface area contributed by atoms with Crippen molar-refractivity contribution < 1.29 is 49.3 Å². The Hall–Kier alpha value is -3.42. The summed E-state index contributed by atoms with van der Waals surface area (Å²) in [6.07, 6.45) is 67.4. The second-order valence-electron chi connectivity index (χ2n) is 23.0. The van der Waals surface area contributed by atoms with E-state index in [9.17, 15) is 35.1 Å². The fourth-order valence-electron chi connectivity index (χ4n) is 10.1. The summed E-state index contributed by atoms with van der Waals surface area (Å²) < 4.78 is 17.6. The first kappa shape index (κ1) is 76.6. The van der Waals surface area contributed by atoms with Gasteiger partial charge in [-0.1, -0.05) is 298 Å². The number of unbranched alkanes of at least 4 members (excludes halogenated alkanes) is 33. The monoisotopic (exact) mass is 1150 g/mol. The van der Waals surface area contributed by atoms with Gasteiger partial charge >= 0.3 is 5.97 Å². The molecule has 1 rings (SSSR count). The number of amides is 1. The highest BCUT2D eigenvalue weighted by Gasteiger charge is 2.47. The minimum Gasteiger partial charge on any atom is -0.454 e. The average Bonchev–Trinajstić information content (AvgIpc) is 3.60. The fraction of sp³-hybridized carbons (Fsp3) is 0.746. The first-order valence-corrected chi connectivity index (χ1v) is 33.6. The zero-order chi connectivity index (χ0) is 59.6. The van der Waals surface area contributed by atoms with Crippen LogP contribution >= 0.6 is 0 Å². The SMILES string of the molecule is CC\C=C/C=C/C=C/C=C\C=C\C=C\CCCCCC(=O)OC1C(OCC(NC(=O)C(O)CCCCCCCCCCCCCCCC/C=C/CCCCCCCC)C(O)/C=C/CCCCCCCCCCCC)OC(CO)C(O)C1O. The maximum absolute atomic E-state index is 13.5. The second-order valence-corrected chi connectivity index (χ2v) is 23.0. The lowest BCUT2D eigenvalue weighted by Crippen LogP contribution is -2.61. The van der Waals surface area contributed by atoms with E-state index >= 15 is 0 Å². The van der Waals surface area contributed by atoms with Crippen molar-refractivity contribution in [2.75, 3.05) is 13.2 Å². The van der Waals surface area contributed by atoms with Crippen molar-refractivity contribution in [3.8, 4) is 0 Å². The van der Waals surface area contributed by atoms with Crippen LogP contribution < -0.4 is 5.32 Å². The molecular weight excluding hydrogens is 1030 g/mol. The molecule has 0 radical (unpaired) electrons. The summed E-state index contributed by atoms with van der Waals surface area (Å²) in [6, 6.07) is -1.04. The maximum atomic E-state index is 13.5. The molecule has 8 unspecified atom stereocenters. The number of carbonyl (C=O) groups excluding carboxylic acids is 2. The predicted octanol–water partition coefficient (Wildman–Crippen LogP) is 16.7. The molecule has 0 spiro atoms. The average molecular weight is 1150 g/mol. The van der Waals surface area contributed by atoms with Crippen LogP contribution in [0.2, 0.25) is 0 Å². The number of aliphatic hydroxyl groups is 5. The number of ether oxygens (including phenoxy) is 3. The van der Waals surface area contributed by atoms with E-state index in [1.54, 1.807) is 6.08 Å². The molecule has 1 saturated heterocycles. The topological polar surface area (TPSA) is 175 Å². The standard InChI is InChI=1S/C71H123NO10/c1-4-7-10-13-16-19-22-25-27-29-30-31-32-33-34-35-37-38-40-43-46-49-52-55-58-64(75)70(79)72-62(63(74)57-54-51-48-45-42-24-21-18-15-12-9-6-3)61-80-71-69(68(78)67(77)65(60-73)81-71)82-66(76)59-56-53-50-47-44-41-39-36-28-26-23-20-17-14-11-8-5-2/h8,11,14,17,20,23,25-28,36,39,41,44,54,57,62-65,67-69,71,73-75,77-78H,4-7,9-10,12-13,15-16,18-19,21-22,24,29-35,37-38,40,42-43,45-53,55-56,58-61H2,1-3H3,(H,72,79)/b11-8-,17-14+,23-20+,27-25+,28-26-,39-36+,44-41+,57-54+. The van der Waals surface area contributed by atoms with Gasteiger partial charge in [-0.05, 0) is 70.6 Å². The first-order valence-electron chi connectivity index (χ1n) is 33.6. The summed E-state index contributed by atoms with van der Waals surface area (Å²) in [5.74, 6) is -1.24. The molecule has 82 heavy (non-hydrogen) atoms. The fourth-order valence-corrected chi connectivity index (χ4v) is 10.1. The van der Waals surface area contributed by atoms with Crippen molar-refractivity contribution in [3.05, 3.63) is 97.2 Å². The molecule has 0 aromatic heterocycles. The quantitative estimate of drug-likeness (QED) is 0.0149. The van der Waals surface area contributed by atoms with Crippen LogP contribution in [-0.2, 0) is 23.8 Å². The van der Waals surface area contributed by atoms with Gasteiger partial charge in [0.25, 0.3) is 0 Å². The van der Waals surface area contributed by atoms with Gasteiger partial charge in [-0.15, -0.1) is 0 Å². The molecule has 1 fully saturated rings. The lowest BCUT2D eigenvalue weighted by molar-refractivity contribution is -0.305. The van der Waals surface area contributed by atoms with Crippen LogP contribution in [0, 0.1) is 0 Å². The van der Waals surface area contributed by atoms with E-state index in [1.807, 2.05) is 66.8 Å². The number of nitrogens with one attached hydrogen (secondary N) is 1. The molecule has 0 bridgehead atoms. The molecule has 11 nitrogen and oxygen atoms in total. The van der Waals surface area contributed by atoms with Gasteiger partial charge in [0.2, 0.25) is 5.91 Å². The highest BCUT2D eigenvalue weighted by molar-refractivity contribution is 5.80. The van der Waals surface area contributed by atoms with Crippen molar-refractivity contribution in [1.82, 2.24) is 5.32 Å². The molecule has 1 heterocycles. The molecule has 0 saturated carbocycles. The predicted molar refractivity (Wildman–Crippen MR) is 342 cm³/mol. The van der Waals surface area contributed by atoms with E-state index in [-0.39, 0.29) is 19.4 Å². The number of rotatable bonds is 56.